The summed E-state index contributed by atoms with van der Waals surface area (Å²) in [6.45, 7) is 5.92. The van der Waals surface area contributed by atoms with Crippen LogP contribution in [0.15, 0.2) is 18.2 Å². The first-order valence-electron chi connectivity index (χ1n) is 8.94. The van der Waals surface area contributed by atoms with E-state index < -0.39 is 23.8 Å². The first-order chi connectivity index (χ1) is 12.3. The van der Waals surface area contributed by atoms with Gasteiger partial charge < -0.3 is 15.5 Å². The Morgan fingerprint density at radius 1 is 1.38 bits per heavy atom. The number of nitrogens with one attached hydrogen (secondary N) is 2. The summed E-state index contributed by atoms with van der Waals surface area (Å²) in [7, 11) is 0. The largest absolute Gasteiger partial charge is 0.347 e. The van der Waals surface area contributed by atoms with Crippen molar-refractivity contribution in [3.05, 3.63) is 35.1 Å². The van der Waals surface area contributed by atoms with Crippen LogP contribution < -0.4 is 10.6 Å². The predicted octanol–water partition coefficient (Wildman–Crippen LogP) is 1.38. The highest BCUT2D eigenvalue weighted by atomic mass is 19.1. The first-order valence-corrected chi connectivity index (χ1v) is 8.94. The van der Waals surface area contributed by atoms with Crippen molar-refractivity contribution in [3.63, 3.8) is 0 Å². The van der Waals surface area contributed by atoms with Crippen molar-refractivity contribution in [1.82, 2.24) is 15.5 Å². The van der Waals surface area contributed by atoms with Gasteiger partial charge in [-0.05, 0) is 43.4 Å². The summed E-state index contributed by atoms with van der Waals surface area (Å²) in [6.07, 6.45) is 0.958. The molecule has 0 radical (unpaired) electrons. The quantitative estimate of drug-likeness (QED) is 0.850. The van der Waals surface area contributed by atoms with E-state index in [0.29, 0.717) is 24.9 Å². The molecular weight excluding hydrogens is 337 g/mol. The molecule has 26 heavy (non-hydrogen) atoms. The van der Waals surface area contributed by atoms with E-state index in [9.17, 15) is 18.8 Å². The third-order valence-electron chi connectivity index (χ3n) is 4.98. The van der Waals surface area contributed by atoms with Crippen molar-refractivity contribution in [3.8, 4) is 0 Å². The molecule has 3 amide bonds. The van der Waals surface area contributed by atoms with Crippen LogP contribution in [-0.4, -0.2) is 47.3 Å². The lowest BCUT2D eigenvalue weighted by Gasteiger charge is -2.35. The number of amides is 3. The molecule has 7 heteroatoms. The van der Waals surface area contributed by atoms with Gasteiger partial charge >= 0.3 is 0 Å². The van der Waals surface area contributed by atoms with Crippen molar-refractivity contribution >= 4 is 17.7 Å². The van der Waals surface area contributed by atoms with Crippen molar-refractivity contribution in [2.24, 2.45) is 5.92 Å². The van der Waals surface area contributed by atoms with Gasteiger partial charge in [0.1, 0.15) is 17.9 Å². The number of rotatable bonds is 4. The lowest BCUT2D eigenvalue weighted by Crippen LogP contribution is -2.61. The maximum Gasteiger partial charge on any atom is 0.251 e. The number of aryl methyl sites for hydroxylation is 1. The number of hydrogen-bond donors (Lipinski definition) is 2. The molecule has 2 aliphatic rings. The minimum atomic E-state index is -0.550. The third kappa shape index (κ3) is 3.57. The van der Waals surface area contributed by atoms with Crippen LogP contribution in [-0.2, 0) is 9.59 Å². The molecule has 0 aromatic heterocycles. The minimum Gasteiger partial charge on any atom is -0.347 e. The number of piperazine rings is 1. The Hall–Kier alpha value is -2.44. The van der Waals surface area contributed by atoms with Gasteiger partial charge in [0.05, 0.1) is 0 Å². The topological polar surface area (TPSA) is 78.5 Å². The molecule has 0 saturated carbocycles. The van der Waals surface area contributed by atoms with Crippen LogP contribution in [0.4, 0.5) is 4.39 Å². The number of halogens is 1. The molecule has 0 aliphatic carbocycles. The summed E-state index contributed by atoms with van der Waals surface area (Å²) < 4.78 is 13.7. The molecule has 0 unspecified atom stereocenters. The van der Waals surface area contributed by atoms with Crippen molar-refractivity contribution < 1.29 is 18.8 Å². The second-order valence-corrected chi connectivity index (χ2v) is 7.57. The van der Waals surface area contributed by atoms with Gasteiger partial charge in [-0.25, -0.2) is 4.39 Å². The van der Waals surface area contributed by atoms with Crippen LogP contribution in [0.2, 0.25) is 0 Å². The van der Waals surface area contributed by atoms with Crippen molar-refractivity contribution in [2.75, 3.05) is 6.54 Å². The van der Waals surface area contributed by atoms with Crippen LogP contribution in [0, 0.1) is 18.7 Å². The highest BCUT2D eigenvalue weighted by molar-refractivity contribution is 5.98. The zero-order valence-corrected chi connectivity index (χ0v) is 15.2. The van der Waals surface area contributed by atoms with Crippen LogP contribution >= 0.6 is 0 Å². The van der Waals surface area contributed by atoms with Crippen LogP contribution in [0.1, 0.15) is 42.6 Å². The van der Waals surface area contributed by atoms with E-state index in [1.807, 2.05) is 13.8 Å². The highest BCUT2D eigenvalue weighted by Gasteiger charge is 2.46. The summed E-state index contributed by atoms with van der Waals surface area (Å²) >= 11 is 0. The van der Waals surface area contributed by atoms with E-state index in [-0.39, 0.29) is 29.3 Å². The van der Waals surface area contributed by atoms with Gasteiger partial charge in [0.15, 0.2) is 0 Å². The molecule has 3 rings (SSSR count). The number of nitrogens with zero attached hydrogens (tertiary/aromatic N) is 1. The molecule has 1 aromatic rings. The Kier molecular flexibility index (Phi) is 4.98. The van der Waals surface area contributed by atoms with Gasteiger partial charge in [-0.3, -0.25) is 14.4 Å². The summed E-state index contributed by atoms with van der Waals surface area (Å²) in [5.74, 6) is -0.821. The molecule has 2 N–H and O–H groups in total. The smallest absolute Gasteiger partial charge is 0.251 e. The van der Waals surface area contributed by atoms with Gasteiger partial charge in [-0.2, -0.15) is 0 Å². The number of benzene rings is 1. The van der Waals surface area contributed by atoms with Gasteiger partial charge in [0, 0.05) is 18.2 Å². The summed E-state index contributed by atoms with van der Waals surface area (Å²) in [4.78, 5) is 38.9. The van der Waals surface area contributed by atoms with E-state index in [2.05, 4.69) is 10.6 Å². The number of fused-ring (bicyclic) bond motifs is 1. The maximum absolute atomic E-state index is 13.7. The number of carbonyl (C=O) groups excluding carboxylic acids is 3. The average molecular weight is 361 g/mol. The molecule has 0 bridgehead atoms. The fraction of sp³-hybridized carbons (Fsp3) is 0.526. The Morgan fingerprint density at radius 3 is 2.77 bits per heavy atom. The Bertz CT molecular complexity index is 750. The maximum atomic E-state index is 13.7. The Morgan fingerprint density at radius 2 is 2.12 bits per heavy atom. The van der Waals surface area contributed by atoms with Gasteiger partial charge in [-0.15, -0.1) is 0 Å². The van der Waals surface area contributed by atoms with Gasteiger partial charge in [0.25, 0.3) is 5.91 Å². The van der Waals surface area contributed by atoms with Crippen LogP contribution in [0.3, 0.4) is 0 Å². The molecule has 1 aromatic carbocycles. The standard InChI is InChI=1S/C19H24FN3O3/c1-10(2)6-15-19(26)23-9-13(8-16(23)18(25)22-15)21-17(24)12-5-4-11(3)14(20)7-12/h4-5,7,10,13,15-16H,6,8-9H2,1-3H3,(H,21,24)(H,22,25)/t13-,15+,16-/m0/s1. The molecule has 140 valence electrons. The van der Waals surface area contributed by atoms with E-state index >= 15 is 0 Å². The Labute approximate surface area is 152 Å². The van der Waals surface area contributed by atoms with E-state index in [1.165, 1.54) is 6.07 Å². The first kappa shape index (κ1) is 18.4. The summed E-state index contributed by atoms with van der Waals surface area (Å²) in [5, 5.41) is 5.61. The second-order valence-electron chi connectivity index (χ2n) is 7.57. The Balaban J connectivity index is 1.67. The van der Waals surface area contributed by atoms with Crippen LogP contribution in [0.25, 0.3) is 0 Å². The highest BCUT2D eigenvalue weighted by Crippen LogP contribution is 2.25. The monoisotopic (exact) mass is 361 g/mol. The molecule has 2 aliphatic heterocycles. The summed E-state index contributed by atoms with van der Waals surface area (Å²) in [5.41, 5.74) is 0.699. The summed E-state index contributed by atoms with van der Waals surface area (Å²) in [6, 6.07) is 2.93. The lowest BCUT2D eigenvalue weighted by atomic mass is 9.99. The molecule has 3 atom stereocenters. The number of hydrogen-bond acceptors (Lipinski definition) is 3. The second kappa shape index (κ2) is 7.05. The van der Waals surface area contributed by atoms with Crippen molar-refractivity contribution in [2.45, 2.75) is 51.7 Å². The molecule has 2 heterocycles. The van der Waals surface area contributed by atoms with E-state index in [0.717, 1.165) is 0 Å². The van der Waals surface area contributed by atoms with Crippen LogP contribution in [0.5, 0.6) is 0 Å². The zero-order chi connectivity index (χ0) is 19.0. The van der Waals surface area contributed by atoms with E-state index in [1.54, 1.807) is 24.0 Å². The predicted molar refractivity (Wildman–Crippen MR) is 93.9 cm³/mol. The van der Waals surface area contributed by atoms with Crippen molar-refractivity contribution in [1.29, 1.82) is 0 Å². The molecule has 2 fully saturated rings. The lowest BCUT2D eigenvalue weighted by molar-refractivity contribution is -0.147. The minimum absolute atomic E-state index is 0.0959. The average Bonchev–Trinajstić information content (AvgIpc) is 2.99. The SMILES string of the molecule is Cc1ccc(C(=O)N[C@H]2C[C@H]3C(=O)N[C@H](CC(C)C)C(=O)N3C2)cc1F. The number of carbonyl (C=O) groups is 3. The molecule has 0 spiro atoms. The normalized spacial score (nSPS) is 25.3. The fourth-order valence-electron chi connectivity index (χ4n) is 3.60. The van der Waals surface area contributed by atoms with Gasteiger partial charge in [-0.1, -0.05) is 19.9 Å². The molecular formula is C19H24FN3O3. The fourth-order valence-corrected chi connectivity index (χ4v) is 3.60. The molecule has 2 saturated heterocycles. The molecule has 6 nitrogen and oxygen atoms in total. The van der Waals surface area contributed by atoms with Gasteiger partial charge in [0.2, 0.25) is 11.8 Å². The third-order valence-corrected chi connectivity index (χ3v) is 4.98. The zero-order valence-electron chi connectivity index (χ0n) is 15.2. The van der Waals surface area contributed by atoms with E-state index in [4.69, 9.17) is 0 Å².